The molecule has 0 radical (unpaired) electrons. The van der Waals surface area contributed by atoms with Crippen LogP contribution in [0.5, 0.6) is 0 Å². The predicted octanol–water partition coefficient (Wildman–Crippen LogP) is 4.00. The first-order valence-electron chi connectivity index (χ1n) is 6.93. The molecule has 1 nitrogen and oxygen atoms in total. The van der Waals surface area contributed by atoms with Crippen molar-refractivity contribution in [2.24, 2.45) is 17.8 Å². The van der Waals surface area contributed by atoms with Gasteiger partial charge in [-0.15, -0.1) is 0 Å². The summed E-state index contributed by atoms with van der Waals surface area (Å²) in [5.41, 5.74) is -0.692. The minimum Gasteiger partial charge on any atom is -0.390 e. The number of alkyl halides is 2. The second-order valence-corrected chi connectivity index (χ2v) is 6.43. The van der Waals surface area contributed by atoms with Gasteiger partial charge in [0.05, 0.1) is 5.60 Å². The van der Waals surface area contributed by atoms with Crippen molar-refractivity contribution >= 4 is 0 Å². The molecule has 2 aliphatic rings. The van der Waals surface area contributed by atoms with Crippen LogP contribution in [0.4, 0.5) is 8.78 Å². The topological polar surface area (TPSA) is 20.2 Å². The SMILES string of the molecule is CC1CCCC(O)(CC2CCC(F)(F)C2)C1C. The Kier molecular flexibility index (Phi) is 3.50. The molecule has 0 aliphatic heterocycles. The quantitative estimate of drug-likeness (QED) is 0.780. The van der Waals surface area contributed by atoms with Crippen LogP contribution in [-0.4, -0.2) is 16.6 Å². The van der Waals surface area contributed by atoms with E-state index in [1.807, 2.05) is 0 Å². The van der Waals surface area contributed by atoms with E-state index >= 15 is 0 Å². The van der Waals surface area contributed by atoms with Crippen LogP contribution in [0.3, 0.4) is 0 Å². The fourth-order valence-electron chi connectivity index (χ4n) is 3.74. The summed E-state index contributed by atoms with van der Waals surface area (Å²) in [6, 6.07) is 0. The Bertz CT molecular complexity index is 279. The molecule has 0 spiro atoms. The molecule has 100 valence electrons. The molecule has 2 fully saturated rings. The summed E-state index contributed by atoms with van der Waals surface area (Å²) in [5.74, 6) is -1.71. The van der Waals surface area contributed by atoms with Crippen molar-refractivity contribution in [1.82, 2.24) is 0 Å². The molecule has 17 heavy (non-hydrogen) atoms. The van der Waals surface area contributed by atoms with Crippen molar-refractivity contribution < 1.29 is 13.9 Å². The van der Waals surface area contributed by atoms with Crippen molar-refractivity contribution in [3.05, 3.63) is 0 Å². The van der Waals surface area contributed by atoms with Crippen LogP contribution in [0.15, 0.2) is 0 Å². The molecule has 2 rings (SSSR count). The standard InChI is InChI=1S/C14H24F2O/c1-10-4-3-6-13(17,11(10)2)8-12-5-7-14(15,16)9-12/h10-12,17H,3-9H2,1-2H3. The molecule has 0 aromatic heterocycles. The average molecular weight is 246 g/mol. The molecule has 0 aromatic rings. The van der Waals surface area contributed by atoms with Gasteiger partial charge in [0.25, 0.3) is 0 Å². The molecular formula is C14H24F2O. The monoisotopic (exact) mass is 246 g/mol. The third-order valence-corrected chi connectivity index (χ3v) is 5.12. The zero-order valence-electron chi connectivity index (χ0n) is 10.9. The first-order chi connectivity index (χ1) is 7.82. The molecule has 0 heterocycles. The summed E-state index contributed by atoms with van der Waals surface area (Å²) in [5, 5.41) is 10.7. The van der Waals surface area contributed by atoms with E-state index in [9.17, 15) is 13.9 Å². The molecule has 0 saturated heterocycles. The Hall–Kier alpha value is -0.180. The van der Waals surface area contributed by atoms with Crippen LogP contribution in [0.25, 0.3) is 0 Å². The third kappa shape index (κ3) is 2.81. The first kappa shape index (κ1) is 13.3. The van der Waals surface area contributed by atoms with Crippen LogP contribution >= 0.6 is 0 Å². The van der Waals surface area contributed by atoms with Gasteiger partial charge in [0.15, 0.2) is 0 Å². The van der Waals surface area contributed by atoms with Gasteiger partial charge in [-0.1, -0.05) is 26.7 Å². The highest BCUT2D eigenvalue weighted by atomic mass is 19.3. The highest BCUT2D eigenvalue weighted by Gasteiger charge is 2.46. The van der Waals surface area contributed by atoms with Gasteiger partial charge in [0, 0.05) is 12.8 Å². The van der Waals surface area contributed by atoms with E-state index in [-0.39, 0.29) is 24.7 Å². The number of hydrogen-bond donors (Lipinski definition) is 1. The number of rotatable bonds is 2. The molecular weight excluding hydrogens is 222 g/mol. The molecule has 0 aromatic carbocycles. The lowest BCUT2D eigenvalue weighted by molar-refractivity contribution is -0.0819. The maximum absolute atomic E-state index is 13.2. The highest BCUT2D eigenvalue weighted by Crippen LogP contribution is 2.47. The van der Waals surface area contributed by atoms with Crippen LogP contribution < -0.4 is 0 Å². The lowest BCUT2D eigenvalue weighted by Crippen LogP contribution is -2.44. The van der Waals surface area contributed by atoms with Crippen LogP contribution in [0, 0.1) is 17.8 Å². The largest absolute Gasteiger partial charge is 0.390 e. The Morgan fingerprint density at radius 1 is 1.18 bits per heavy atom. The van der Waals surface area contributed by atoms with Gasteiger partial charge in [-0.05, 0) is 37.0 Å². The summed E-state index contributed by atoms with van der Waals surface area (Å²) in [6.07, 6.45) is 4.13. The molecule has 1 N–H and O–H groups in total. The minimum atomic E-state index is -2.48. The first-order valence-corrected chi connectivity index (χ1v) is 6.93. The van der Waals surface area contributed by atoms with Crippen molar-refractivity contribution in [2.75, 3.05) is 0 Å². The van der Waals surface area contributed by atoms with E-state index in [0.29, 0.717) is 18.8 Å². The normalized spacial score (nSPS) is 46.1. The summed E-state index contributed by atoms with van der Waals surface area (Å²) >= 11 is 0. The van der Waals surface area contributed by atoms with Crippen molar-refractivity contribution in [3.63, 3.8) is 0 Å². The third-order valence-electron chi connectivity index (χ3n) is 5.12. The van der Waals surface area contributed by atoms with Gasteiger partial charge in [-0.3, -0.25) is 0 Å². The van der Waals surface area contributed by atoms with Gasteiger partial charge in [-0.25, -0.2) is 8.78 Å². The van der Waals surface area contributed by atoms with E-state index in [1.165, 1.54) is 0 Å². The highest BCUT2D eigenvalue weighted by molar-refractivity contribution is 4.94. The van der Waals surface area contributed by atoms with Gasteiger partial charge < -0.3 is 5.11 Å². The molecule has 4 atom stereocenters. The van der Waals surface area contributed by atoms with Crippen LogP contribution in [0.2, 0.25) is 0 Å². The molecule has 4 unspecified atom stereocenters. The maximum Gasteiger partial charge on any atom is 0.248 e. The van der Waals surface area contributed by atoms with E-state index in [1.54, 1.807) is 0 Å². The Morgan fingerprint density at radius 2 is 1.88 bits per heavy atom. The molecule has 0 amide bonds. The van der Waals surface area contributed by atoms with Crippen LogP contribution in [-0.2, 0) is 0 Å². The van der Waals surface area contributed by atoms with Gasteiger partial charge in [0.1, 0.15) is 0 Å². The van der Waals surface area contributed by atoms with Gasteiger partial charge in [0.2, 0.25) is 5.92 Å². The lowest BCUT2D eigenvalue weighted by atomic mass is 9.67. The number of hydrogen-bond acceptors (Lipinski definition) is 1. The summed E-state index contributed by atoms with van der Waals surface area (Å²) in [4.78, 5) is 0. The van der Waals surface area contributed by atoms with Gasteiger partial charge >= 0.3 is 0 Å². The Labute approximate surface area is 103 Å². The smallest absolute Gasteiger partial charge is 0.248 e. The van der Waals surface area contributed by atoms with Crippen molar-refractivity contribution in [1.29, 1.82) is 0 Å². The van der Waals surface area contributed by atoms with Crippen molar-refractivity contribution in [2.45, 2.75) is 70.3 Å². The molecule has 3 heteroatoms. The fourth-order valence-corrected chi connectivity index (χ4v) is 3.74. The number of aliphatic hydroxyl groups is 1. The maximum atomic E-state index is 13.2. The van der Waals surface area contributed by atoms with Gasteiger partial charge in [-0.2, -0.15) is 0 Å². The van der Waals surface area contributed by atoms with Crippen LogP contribution in [0.1, 0.15) is 58.8 Å². The zero-order valence-corrected chi connectivity index (χ0v) is 10.9. The van der Waals surface area contributed by atoms with E-state index in [2.05, 4.69) is 13.8 Å². The summed E-state index contributed by atoms with van der Waals surface area (Å²) < 4.78 is 26.3. The fraction of sp³-hybridized carbons (Fsp3) is 1.00. The second-order valence-electron chi connectivity index (χ2n) is 6.43. The van der Waals surface area contributed by atoms with E-state index in [0.717, 1.165) is 19.3 Å². The molecule has 0 bridgehead atoms. The van der Waals surface area contributed by atoms with E-state index < -0.39 is 11.5 Å². The Morgan fingerprint density at radius 3 is 2.47 bits per heavy atom. The summed E-state index contributed by atoms with van der Waals surface area (Å²) in [6.45, 7) is 4.25. The second kappa shape index (κ2) is 4.49. The number of halogens is 2. The Balaban J connectivity index is 1.97. The van der Waals surface area contributed by atoms with Crippen molar-refractivity contribution in [3.8, 4) is 0 Å². The zero-order chi connectivity index (χ0) is 12.7. The lowest BCUT2D eigenvalue weighted by Gasteiger charge is -2.43. The average Bonchev–Trinajstić information content (AvgIpc) is 2.54. The summed E-state index contributed by atoms with van der Waals surface area (Å²) in [7, 11) is 0. The molecule has 2 aliphatic carbocycles. The minimum absolute atomic E-state index is 0.0116. The van der Waals surface area contributed by atoms with E-state index in [4.69, 9.17) is 0 Å². The predicted molar refractivity (Wildman–Crippen MR) is 64.0 cm³/mol. The molecule has 2 saturated carbocycles.